The summed E-state index contributed by atoms with van der Waals surface area (Å²) in [5.41, 5.74) is 1.58. The van der Waals surface area contributed by atoms with Gasteiger partial charge in [0.15, 0.2) is 6.61 Å². The van der Waals surface area contributed by atoms with Gasteiger partial charge in [0.25, 0.3) is 5.91 Å². The molecule has 3 aromatic rings. The molecule has 0 spiro atoms. The first kappa shape index (κ1) is 18.9. The van der Waals surface area contributed by atoms with Crippen molar-refractivity contribution in [2.24, 2.45) is 0 Å². The van der Waals surface area contributed by atoms with Crippen molar-refractivity contribution in [1.82, 2.24) is 9.97 Å². The SMILES string of the molecule is O=C(CCNc1ncccn1)OCC(=O)N1c2ccccc2Sc2ccccc21. The van der Waals surface area contributed by atoms with Crippen LogP contribution in [0.5, 0.6) is 0 Å². The molecule has 0 atom stereocenters. The lowest BCUT2D eigenvalue weighted by Gasteiger charge is -2.30. The van der Waals surface area contributed by atoms with E-state index < -0.39 is 5.97 Å². The van der Waals surface area contributed by atoms with Crippen molar-refractivity contribution in [1.29, 1.82) is 0 Å². The Labute approximate surface area is 172 Å². The van der Waals surface area contributed by atoms with Crippen LogP contribution in [-0.2, 0) is 14.3 Å². The lowest BCUT2D eigenvalue weighted by Crippen LogP contribution is -2.32. The van der Waals surface area contributed by atoms with E-state index in [9.17, 15) is 9.59 Å². The van der Waals surface area contributed by atoms with Gasteiger partial charge in [-0.3, -0.25) is 14.5 Å². The normalized spacial score (nSPS) is 11.9. The van der Waals surface area contributed by atoms with Gasteiger partial charge in [-0.15, -0.1) is 0 Å². The molecule has 0 bridgehead atoms. The molecule has 2 heterocycles. The number of aromatic nitrogens is 2. The molecular weight excluding hydrogens is 388 g/mol. The van der Waals surface area contributed by atoms with Gasteiger partial charge < -0.3 is 10.1 Å². The fourth-order valence-electron chi connectivity index (χ4n) is 2.92. The molecule has 1 N–H and O–H groups in total. The number of esters is 1. The van der Waals surface area contributed by atoms with E-state index in [-0.39, 0.29) is 18.9 Å². The zero-order valence-electron chi connectivity index (χ0n) is 15.4. The third-order valence-corrected chi connectivity index (χ3v) is 5.35. The first-order valence-electron chi connectivity index (χ1n) is 9.08. The highest BCUT2D eigenvalue weighted by Crippen LogP contribution is 2.47. The van der Waals surface area contributed by atoms with Crippen molar-refractivity contribution in [3.63, 3.8) is 0 Å². The largest absolute Gasteiger partial charge is 0.455 e. The number of hydrogen-bond acceptors (Lipinski definition) is 7. The number of para-hydroxylation sites is 2. The van der Waals surface area contributed by atoms with E-state index in [0.29, 0.717) is 12.5 Å². The molecule has 8 heteroatoms. The van der Waals surface area contributed by atoms with Gasteiger partial charge >= 0.3 is 5.97 Å². The van der Waals surface area contributed by atoms with Crippen LogP contribution >= 0.6 is 11.8 Å². The minimum atomic E-state index is -0.463. The number of carbonyl (C=O) groups is 2. The van der Waals surface area contributed by atoms with Gasteiger partial charge in [-0.25, -0.2) is 9.97 Å². The Hall–Kier alpha value is -3.39. The van der Waals surface area contributed by atoms with Crippen LogP contribution in [0, 0.1) is 0 Å². The van der Waals surface area contributed by atoms with Crippen LogP contribution in [0.15, 0.2) is 76.8 Å². The zero-order valence-corrected chi connectivity index (χ0v) is 16.3. The van der Waals surface area contributed by atoms with Gasteiger partial charge in [0.05, 0.1) is 17.8 Å². The van der Waals surface area contributed by atoms with Crippen molar-refractivity contribution in [2.75, 3.05) is 23.4 Å². The fraction of sp³-hybridized carbons (Fsp3) is 0.143. The molecule has 4 rings (SSSR count). The number of ether oxygens (including phenoxy) is 1. The number of amides is 1. The summed E-state index contributed by atoms with van der Waals surface area (Å²) < 4.78 is 5.21. The highest BCUT2D eigenvalue weighted by molar-refractivity contribution is 7.99. The van der Waals surface area contributed by atoms with Crippen LogP contribution in [0.25, 0.3) is 0 Å². The first-order valence-corrected chi connectivity index (χ1v) is 9.89. The van der Waals surface area contributed by atoms with Gasteiger partial charge in [-0.1, -0.05) is 36.0 Å². The molecule has 0 fully saturated rings. The Morgan fingerprint density at radius 2 is 1.55 bits per heavy atom. The smallest absolute Gasteiger partial charge is 0.308 e. The number of benzene rings is 2. The Balaban J connectivity index is 1.38. The second-order valence-corrected chi connectivity index (χ2v) is 7.26. The average Bonchev–Trinajstić information content (AvgIpc) is 2.76. The molecule has 7 nitrogen and oxygen atoms in total. The number of anilines is 3. The fourth-order valence-corrected chi connectivity index (χ4v) is 3.98. The lowest BCUT2D eigenvalue weighted by molar-refractivity contribution is -0.147. The maximum atomic E-state index is 12.9. The molecule has 0 radical (unpaired) electrons. The summed E-state index contributed by atoms with van der Waals surface area (Å²) in [5.74, 6) is -0.317. The minimum Gasteiger partial charge on any atom is -0.455 e. The van der Waals surface area contributed by atoms with Crippen LogP contribution in [0.2, 0.25) is 0 Å². The number of fused-ring (bicyclic) bond motifs is 2. The number of carbonyl (C=O) groups excluding carboxylic acids is 2. The highest BCUT2D eigenvalue weighted by Gasteiger charge is 2.28. The van der Waals surface area contributed by atoms with E-state index in [1.54, 1.807) is 35.1 Å². The summed E-state index contributed by atoms with van der Waals surface area (Å²) in [6.07, 6.45) is 3.33. The quantitative estimate of drug-likeness (QED) is 0.626. The topological polar surface area (TPSA) is 84.4 Å². The maximum absolute atomic E-state index is 12.9. The summed E-state index contributed by atoms with van der Waals surface area (Å²) in [6, 6.07) is 17.1. The van der Waals surface area contributed by atoms with E-state index >= 15 is 0 Å². The van der Waals surface area contributed by atoms with Gasteiger partial charge in [0.1, 0.15) is 0 Å². The van der Waals surface area contributed by atoms with Crippen molar-refractivity contribution in [3.8, 4) is 0 Å². The summed E-state index contributed by atoms with van der Waals surface area (Å²) in [4.78, 5) is 36.6. The van der Waals surface area contributed by atoms with Gasteiger partial charge in [-0.05, 0) is 30.3 Å². The van der Waals surface area contributed by atoms with E-state index in [0.717, 1.165) is 21.2 Å². The minimum absolute atomic E-state index is 0.106. The van der Waals surface area contributed by atoms with Crippen LogP contribution in [0.1, 0.15) is 6.42 Å². The maximum Gasteiger partial charge on any atom is 0.308 e. The molecule has 0 unspecified atom stereocenters. The van der Waals surface area contributed by atoms with Crippen LogP contribution in [0.3, 0.4) is 0 Å². The van der Waals surface area contributed by atoms with Crippen LogP contribution in [0.4, 0.5) is 17.3 Å². The van der Waals surface area contributed by atoms with Crippen molar-refractivity contribution < 1.29 is 14.3 Å². The first-order chi connectivity index (χ1) is 14.2. The van der Waals surface area contributed by atoms with Crippen molar-refractivity contribution in [2.45, 2.75) is 16.2 Å². The molecule has 0 aliphatic carbocycles. The molecular formula is C21H18N4O3S. The lowest BCUT2D eigenvalue weighted by atomic mass is 10.2. The van der Waals surface area contributed by atoms with Crippen LogP contribution in [-0.4, -0.2) is 35.0 Å². The molecule has 1 amide bonds. The van der Waals surface area contributed by atoms with Crippen molar-refractivity contribution >= 4 is 41.0 Å². The predicted octanol–water partition coefficient (Wildman–Crippen LogP) is 3.65. The average molecular weight is 406 g/mol. The van der Waals surface area contributed by atoms with Crippen LogP contribution < -0.4 is 10.2 Å². The van der Waals surface area contributed by atoms with E-state index in [4.69, 9.17) is 4.74 Å². The van der Waals surface area contributed by atoms with Gasteiger partial charge in [0, 0.05) is 28.7 Å². The molecule has 0 saturated carbocycles. The van der Waals surface area contributed by atoms with E-state index in [1.807, 2.05) is 48.5 Å². The molecule has 146 valence electrons. The zero-order chi connectivity index (χ0) is 20.1. The highest BCUT2D eigenvalue weighted by atomic mass is 32.2. The second kappa shape index (κ2) is 8.74. The van der Waals surface area contributed by atoms with E-state index in [2.05, 4.69) is 15.3 Å². The molecule has 0 saturated heterocycles. The number of nitrogens with zero attached hydrogens (tertiary/aromatic N) is 3. The summed E-state index contributed by atoms with van der Waals surface area (Å²) >= 11 is 1.62. The Kier molecular flexibility index (Phi) is 5.71. The summed E-state index contributed by atoms with van der Waals surface area (Å²) in [6.45, 7) is -0.00291. The summed E-state index contributed by atoms with van der Waals surface area (Å²) in [7, 11) is 0. The third kappa shape index (κ3) is 4.38. The molecule has 1 aliphatic heterocycles. The molecule has 1 aliphatic rings. The number of rotatable bonds is 6. The van der Waals surface area contributed by atoms with Crippen molar-refractivity contribution in [3.05, 3.63) is 67.0 Å². The van der Waals surface area contributed by atoms with E-state index in [1.165, 1.54) is 0 Å². The standard InChI is InChI=1S/C21H18N4O3S/c26-19(14-28-20(27)10-13-24-21-22-11-5-12-23-21)25-15-6-1-3-8-17(15)29-18-9-4-2-7-16(18)25/h1-9,11-12H,10,13-14H2,(H,22,23,24). The number of nitrogens with one attached hydrogen (secondary N) is 1. The Morgan fingerprint density at radius 1 is 0.931 bits per heavy atom. The molecule has 1 aromatic heterocycles. The molecule has 2 aromatic carbocycles. The molecule has 29 heavy (non-hydrogen) atoms. The Morgan fingerprint density at radius 3 is 2.21 bits per heavy atom. The number of hydrogen-bond donors (Lipinski definition) is 1. The predicted molar refractivity (Wildman–Crippen MR) is 110 cm³/mol. The monoisotopic (exact) mass is 406 g/mol. The third-order valence-electron chi connectivity index (χ3n) is 4.22. The Bertz CT molecular complexity index is 984. The second-order valence-electron chi connectivity index (χ2n) is 6.18. The van der Waals surface area contributed by atoms with Gasteiger partial charge in [0.2, 0.25) is 5.95 Å². The van der Waals surface area contributed by atoms with Gasteiger partial charge in [-0.2, -0.15) is 0 Å². The summed E-state index contributed by atoms with van der Waals surface area (Å²) in [5, 5.41) is 2.93.